The smallest absolute Gasteiger partial charge is 0.387 e. The molecular weight excluding hydrogens is 399 g/mol. The Hall–Kier alpha value is -3.61. The molecule has 2 rings (SSSR count). The maximum Gasteiger partial charge on any atom is 0.387 e. The van der Waals surface area contributed by atoms with Crippen LogP contribution in [-0.4, -0.2) is 19.1 Å². The lowest BCUT2D eigenvalue weighted by atomic mass is 10.1. The van der Waals surface area contributed by atoms with E-state index < -0.39 is 42.5 Å². The van der Waals surface area contributed by atoms with Crippen LogP contribution in [-0.2, 0) is 4.79 Å². The predicted octanol–water partition coefficient (Wildman–Crippen LogP) is 4.42. The van der Waals surface area contributed by atoms with Crippen molar-refractivity contribution in [3.05, 3.63) is 65.5 Å². The first kappa shape index (κ1) is 21.7. The SMILES string of the molecule is N#CC(NC(=O)/C=C/c1ccc(OC(F)F)cc1OC(F)F)c1ccccc1F. The summed E-state index contributed by atoms with van der Waals surface area (Å²) < 4.78 is 71.7. The predicted molar refractivity (Wildman–Crippen MR) is 91.6 cm³/mol. The fourth-order valence-electron chi connectivity index (χ4n) is 2.27. The van der Waals surface area contributed by atoms with Crippen LogP contribution in [0, 0.1) is 17.1 Å². The number of carbonyl (C=O) groups excluding carboxylic acids is 1. The van der Waals surface area contributed by atoms with Crippen LogP contribution < -0.4 is 14.8 Å². The number of benzene rings is 2. The number of rotatable bonds is 8. The van der Waals surface area contributed by atoms with E-state index in [4.69, 9.17) is 5.26 Å². The van der Waals surface area contributed by atoms with E-state index >= 15 is 0 Å². The van der Waals surface area contributed by atoms with Crippen LogP contribution in [0.5, 0.6) is 11.5 Å². The highest BCUT2D eigenvalue weighted by atomic mass is 19.3. The van der Waals surface area contributed by atoms with Crippen molar-refractivity contribution in [1.82, 2.24) is 5.32 Å². The molecule has 0 aliphatic heterocycles. The van der Waals surface area contributed by atoms with Crippen LogP contribution in [0.2, 0.25) is 0 Å². The van der Waals surface area contributed by atoms with Crippen molar-refractivity contribution >= 4 is 12.0 Å². The highest BCUT2D eigenvalue weighted by Gasteiger charge is 2.17. The zero-order chi connectivity index (χ0) is 21.4. The van der Waals surface area contributed by atoms with E-state index in [2.05, 4.69) is 14.8 Å². The second kappa shape index (κ2) is 10.1. The highest BCUT2D eigenvalue weighted by molar-refractivity contribution is 5.92. The van der Waals surface area contributed by atoms with Gasteiger partial charge in [0.2, 0.25) is 5.91 Å². The zero-order valence-corrected chi connectivity index (χ0v) is 14.5. The van der Waals surface area contributed by atoms with Crippen molar-refractivity contribution in [2.24, 2.45) is 0 Å². The van der Waals surface area contributed by atoms with Crippen LogP contribution in [0.4, 0.5) is 22.0 Å². The minimum absolute atomic E-state index is 0.0403. The van der Waals surface area contributed by atoms with Gasteiger partial charge >= 0.3 is 13.2 Å². The first-order valence-electron chi connectivity index (χ1n) is 7.96. The largest absolute Gasteiger partial charge is 0.435 e. The highest BCUT2D eigenvalue weighted by Crippen LogP contribution is 2.28. The third-order valence-corrected chi connectivity index (χ3v) is 3.47. The Bertz CT molecular complexity index is 928. The van der Waals surface area contributed by atoms with E-state index in [0.717, 1.165) is 36.4 Å². The first-order valence-corrected chi connectivity index (χ1v) is 7.96. The van der Waals surface area contributed by atoms with Crippen LogP contribution in [0.1, 0.15) is 17.2 Å². The summed E-state index contributed by atoms with van der Waals surface area (Å²) in [4.78, 5) is 12.0. The number of hydrogen-bond donors (Lipinski definition) is 1. The third kappa shape index (κ3) is 6.49. The lowest BCUT2D eigenvalue weighted by molar-refractivity contribution is -0.116. The van der Waals surface area contributed by atoms with Crippen molar-refractivity contribution < 1.29 is 36.2 Å². The molecule has 0 radical (unpaired) electrons. The summed E-state index contributed by atoms with van der Waals surface area (Å²) in [5, 5.41) is 11.4. The Morgan fingerprint density at radius 1 is 1.07 bits per heavy atom. The molecule has 0 saturated carbocycles. The lowest BCUT2D eigenvalue weighted by Crippen LogP contribution is -2.26. The molecule has 2 aromatic carbocycles. The fraction of sp³-hybridized carbons (Fsp3) is 0.158. The molecule has 152 valence electrons. The molecule has 0 spiro atoms. The number of halogens is 5. The van der Waals surface area contributed by atoms with Gasteiger partial charge in [-0.25, -0.2) is 4.39 Å². The maximum atomic E-state index is 13.8. The number of ether oxygens (including phenoxy) is 2. The van der Waals surface area contributed by atoms with E-state index in [0.29, 0.717) is 0 Å². The van der Waals surface area contributed by atoms with Gasteiger partial charge in [0.05, 0.1) is 6.07 Å². The molecule has 1 N–H and O–H groups in total. The molecule has 0 bridgehead atoms. The molecule has 0 fully saturated rings. The third-order valence-electron chi connectivity index (χ3n) is 3.47. The molecule has 0 aliphatic carbocycles. The average Bonchev–Trinajstić information content (AvgIpc) is 2.65. The van der Waals surface area contributed by atoms with Crippen molar-refractivity contribution in [1.29, 1.82) is 5.26 Å². The topological polar surface area (TPSA) is 71.4 Å². The monoisotopic (exact) mass is 412 g/mol. The molecule has 29 heavy (non-hydrogen) atoms. The zero-order valence-electron chi connectivity index (χ0n) is 14.5. The van der Waals surface area contributed by atoms with Gasteiger partial charge in [-0.05, 0) is 24.3 Å². The summed E-state index contributed by atoms with van der Waals surface area (Å²) in [5.74, 6) is -2.43. The van der Waals surface area contributed by atoms with Gasteiger partial charge in [0.25, 0.3) is 0 Å². The number of nitrogens with one attached hydrogen (secondary N) is 1. The molecule has 1 atom stereocenters. The van der Waals surface area contributed by atoms with Gasteiger partial charge in [0.1, 0.15) is 23.4 Å². The Morgan fingerprint density at radius 3 is 2.38 bits per heavy atom. The summed E-state index contributed by atoms with van der Waals surface area (Å²) in [5.41, 5.74) is -0.0894. The number of amides is 1. The molecule has 1 unspecified atom stereocenters. The molecule has 0 saturated heterocycles. The fourth-order valence-corrected chi connectivity index (χ4v) is 2.27. The van der Waals surface area contributed by atoms with Gasteiger partial charge in [-0.1, -0.05) is 18.2 Å². The number of nitrogens with zero attached hydrogens (tertiary/aromatic N) is 1. The van der Waals surface area contributed by atoms with E-state index in [9.17, 15) is 26.7 Å². The first-order chi connectivity index (χ1) is 13.8. The number of carbonyl (C=O) groups is 1. The Balaban J connectivity index is 2.18. The summed E-state index contributed by atoms with van der Waals surface area (Å²) in [7, 11) is 0. The average molecular weight is 412 g/mol. The number of alkyl halides is 4. The van der Waals surface area contributed by atoms with Gasteiger partial charge in [-0.15, -0.1) is 0 Å². The van der Waals surface area contributed by atoms with E-state index in [1.807, 2.05) is 0 Å². The maximum absolute atomic E-state index is 13.8. The van der Waals surface area contributed by atoms with E-state index in [1.54, 1.807) is 6.07 Å². The molecular formula is C19H13F5N2O3. The summed E-state index contributed by atoms with van der Waals surface area (Å²) in [6, 6.07) is 8.81. The van der Waals surface area contributed by atoms with Crippen molar-refractivity contribution in [2.75, 3.05) is 0 Å². The van der Waals surface area contributed by atoms with Crippen molar-refractivity contribution in [2.45, 2.75) is 19.3 Å². The van der Waals surface area contributed by atoms with E-state index in [-0.39, 0.29) is 11.1 Å². The van der Waals surface area contributed by atoms with Crippen LogP contribution in [0.3, 0.4) is 0 Å². The van der Waals surface area contributed by atoms with Crippen LogP contribution in [0.15, 0.2) is 48.5 Å². The van der Waals surface area contributed by atoms with Crippen LogP contribution in [0.25, 0.3) is 6.08 Å². The van der Waals surface area contributed by atoms with Gasteiger partial charge in [0.15, 0.2) is 0 Å². The minimum atomic E-state index is -3.25. The molecule has 0 aromatic heterocycles. The summed E-state index contributed by atoms with van der Waals surface area (Å²) in [6.45, 7) is -6.41. The normalized spacial score (nSPS) is 12.1. The quantitative estimate of drug-likeness (QED) is 0.515. The van der Waals surface area contributed by atoms with Gasteiger partial charge in [-0.3, -0.25) is 4.79 Å². The number of nitriles is 1. The Labute approximate surface area is 162 Å². The van der Waals surface area contributed by atoms with Gasteiger partial charge in [0, 0.05) is 23.3 Å². The Kier molecular flexibility index (Phi) is 7.54. The Morgan fingerprint density at radius 2 is 1.76 bits per heavy atom. The van der Waals surface area contributed by atoms with Gasteiger partial charge in [-0.2, -0.15) is 22.8 Å². The minimum Gasteiger partial charge on any atom is -0.435 e. The second-order valence-electron chi connectivity index (χ2n) is 5.38. The number of hydrogen-bond acceptors (Lipinski definition) is 4. The molecule has 2 aromatic rings. The summed E-state index contributed by atoms with van der Waals surface area (Å²) >= 11 is 0. The molecule has 0 aliphatic rings. The standard InChI is InChI=1S/C19H13F5N2O3/c20-14-4-2-1-3-13(14)15(10-25)26-17(27)8-6-11-5-7-12(28-18(21)22)9-16(11)29-19(23)24/h1-9,15,18-19H,(H,26,27)/b8-6+. The lowest BCUT2D eigenvalue weighted by Gasteiger charge is -2.12. The van der Waals surface area contributed by atoms with E-state index in [1.165, 1.54) is 18.2 Å². The summed E-state index contributed by atoms with van der Waals surface area (Å²) in [6.07, 6.45) is 1.96. The molecule has 0 heterocycles. The van der Waals surface area contributed by atoms with Crippen molar-refractivity contribution in [3.63, 3.8) is 0 Å². The second-order valence-corrected chi connectivity index (χ2v) is 5.38. The molecule has 10 heteroatoms. The van der Waals surface area contributed by atoms with Crippen molar-refractivity contribution in [3.8, 4) is 17.6 Å². The van der Waals surface area contributed by atoms with Gasteiger partial charge < -0.3 is 14.8 Å². The molecule has 1 amide bonds. The van der Waals surface area contributed by atoms with Crippen LogP contribution >= 0.6 is 0 Å². The molecule has 5 nitrogen and oxygen atoms in total.